The van der Waals surface area contributed by atoms with Crippen molar-refractivity contribution < 1.29 is 9.90 Å². The van der Waals surface area contributed by atoms with E-state index >= 15 is 0 Å². The van der Waals surface area contributed by atoms with Crippen molar-refractivity contribution in [1.29, 1.82) is 0 Å². The van der Waals surface area contributed by atoms with Gasteiger partial charge in [0, 0.05) is 29.9 Å². The van der Waals surface area contributed by atoms with Crippen LogP contribution in [0.3, 0.4) is 0 Å². The molecular weight excluding hydrogens is 246 g/mol. The molecule has 0 aliphatic carbocycles. The van der Waals surface area contributed by atoms with Gasteiger partial charge >= 0.3 is 5.97 Å². The van der Waals surface area contributed by atoms with Crippen LogP contribution in [0.25, 0.3) is 10.9 Å². The Bertz CT molecular complexity index is 587. The van der Waals surface area contributed by atoms with Crippen molar-refractivity contribution in [2.24, 2.45) is 7.05 Å². The fourth-order valence-electron chi connectivity index (χ4n) is 2.08. The Hall–Kier alpha value is -1.42. The van der Waals surface area contributed by atoms with E-state index in [-0.39, 0.29) is 0 Å². The largest absolute Gasteiger partial charge is 0.478 e. The number of nitrogens with zero attached hydrogens (tertiary/aromatic N) is 1. The molecule has 3 nitrogen and oxygen atoms in total. The van der Waals surface area contributed by atoms with Crippen LogP contribution in [-0.4, -0.2) is 20.9 Å². The molecule has 18 heavy (non-hydrogen) atoms. The van der Waals surface area contributed by atoms with Crippen LogP contribution < -0.4 is 0 Å². The van der Waals surface area contributed by atoms with Gasteiger partial charge in [0.05, 0.1) is 5.56 Å². The summed E-state index contributed by atoms with van der Waals surface area (Å²) in [6, 6.07) is 5.44. The van der Waals surface area contributed by atoms with Gasteiger partial charge in [0.1, 0.15) is 0 Å². The highest BCUT2D eigenvalue weighted by Gasteiger charge is 2.15. The maximum atomic E-state index is 11.3. The van der Waals surface area contributed by atoms with Gasteiger partial charge in [-0.25, -0.2) is 4.79 Å². The molecule has 4 heteroatoms. The van der Waals surface area contributed by atoms with Gasteiger partial charge in [0.2, 0.25) is 0 Å². The van der Waals surface area contributed by atoms with E-state index in [1.807, 2.05) is 35.6 Å². The van der Waals surface area contributed by atoms with E-state index in [0.29, 0.717) is 10.8 Å². The van der Waals surface area contributed by atoms with Crippen molar-refractivity contribution in [2.45, 2.75) is 24.9 Å². The second-order valence-corrected chi connectivity index (χ2v) is 6.19. The Balaban J connectivity index is 2.55. The van der Waals surface area contributed by atoms with E-state index in [1.165, 1.54) is 0 Å². The van der Waals surface area contributed by atoms with Crippen molar-refractivity contribution in [1.82, 2.24) is 4.57 Å². The van der Waals surface area contributed by atoms with E-state index in [9.17, 15) is 9.90 Å². The Kier molecular flexibility index (Phi) is 3.66. The molecule has 2 aromatic rings. The summed E-state index contributed by atoms with van der Waals surface area (Å²) in [7, 11) is 1.96. The molecule has 1 aromatic carbocycles. The number of carboxylic acid groups (broad SMARTS) is 1. The Morgan fingerprint density at radius 3 is 2.78 bits per heavy atom. The molecule has 1 heterocycles. The summed E-state index contributed by atoms with van der Waals surface area (Å²) < 4.78 is 2.00. The van der Waals surface area contributed by atoms with Crippen molar-refractivity contribution in [3.05, 3.63) is 35.5 Å². The van der Waals surface area contributed by atoms with Gasteiger partial charge in [-0.3, -0.25) is 0 Å². The molecule has 1 aromatic heterocycles. The average molecular weight is 263 g/mol. The van der Waals surface area contributed by atoms with Gasteiger partial charge in [-0.15, -0.1) is 0 Å². The molecule has 1 N–H and O–H groups in total. The van der Waals surface area contributed by atoms with E-state index < -0.39 is 5.97 Å². The number of aromatic nitrogens is 1. The first-order valence-electron chi connectivity index (χ1n) is 5.92. The smallest absolute Gasteiger partial charge is 0.336 e. The number of rotatable bonds is 4. The summed E-state index contributed by atoms with van der Waals surface area (Å²) in [5.41, 5.74) is 2.48. The van der Waals surface area contributed by atoms with Gasteiger partial charge < -0.3 is 9.67 Å². The van der Waals surface area contributed by atoms with Crippen molar-refractivity contribution in [3.8, 4) is 0 Å². The van der Waals surface area contributed by atoms with Crippen LogP contribution in [0.5, 0.6) is 0 Å². The van der Waals surface area contributed by atoms with E-state index in [4.69, 9.17) is 0 Å². The zero-order valence-corrected chi connectivity index (χ0v) is 11.6. The van der Waals surface area contributed by atoms with Crippen LogP contribution in [0.2, 0.25) is 0 Å². The normalized spacial score (nSPS) is 11.3. The van der Waals surface area contributed by atoms with Crippen LogP contribution in [-0.2, 0) is 12.8 Å². The highest BCUT2D eigenvalue weighted by Crippen LogP contribution is 2.29. The number of carboxylic acids is 1. The third-order valence-corrected chi connectivity index (χ3v) is 4.04. The highest BCUT2D eigenvalue weighted by atomic mass is 32.2. The van der Waals surface area contributed by atoms with Crippen LogP contribution in [0.4, 0.5) is 0 Å². The van der Waals surface area contributed by atoms with Crippen LogP contribution in [0.1, 0.15) is 29.8 Å². The molecule has 0 radical (unpaired) electrons. The fraction of sp³-hybridized carbons (Fsp3) is 0.357. The zero-order chi connectivity index (χ0) is 13.3. The number of fused-ring (bicyclic) bond motifs is 1. The van der Waals surface area contributed by atoms with Gasteiger partial charge in [-0.1, -0.05) is 19.9 Å². The molecule has 0 fully saturated rings. The standard InChI is InChI=1S/C14H17NO2S/c1-9(2)18-8-10-7-15(3)12-6-4-5-11(13(10)12)14(16)17/h4-7,9H,8H2,1-3H3,(H,16,17). The Morgan fingerprint density at radius 2 is 2.17 bits per heavy atom. The van der Waals surface area contributed by atoms with Gasteiger partial charge in [0.15, 0.2) is 0 Å². The Labute approximate surface area is 111 Å². The van der Waals surface area contributed by atoms with E-state index in [1.54, 1.807) is 12.1 Å². The summed E-state index contributed by atoms with van der Waals surface area (Å²) in [5, 5.41) is 10.7. The molecule has 0 unspecified atom stereocenters. The molecule has 96 valence electrons. The number of benzene rings is 1. The number of thioether (sulfide) groups is 1. The molecule has 0 saturated heterocycles. The molecule has 0 saturated carbocycles. The van der Waals surface area contributed by atoms with E-state index in [0.717, 1.165) is 22.2 Å². The molecule has 0 aliphatic rings. The molecule has 2 rings (SSSR count). The van der Waals surface area contributed by atoms with E-state index in [2.05, 4.69) is 13.8 Å². The monoisotopic (exact) mass is 263 g/mol. The predicted molar refractivity (Wildman–Crippen MR) is 76.3 cm³/mol. The average Bonchev–Trinajstić information content (AvgIpc) is 2.64. The van der Waals surface area contributed by atoms with Crippen molar-refractivity contribution in [2.75, 3.05) is 0 Å². The van der Waals surface area contributed by atoms with Crippen molar-refractivity contribution >= 4 is 28.6 Å². The number of carbonyl (C=O) groups is 1. The summed E-state index contributed by atoms with van der Waals surface area (Å²) in [6.07, 6.45) is 2.03. The zero-order valence-electron chi connectivity index (χ0n) is 10.8. The maximum Gasteiger partial charge on any atom is 0.336 e. The van der Waals surface area contributed by atoms with Gasteiger partial charge in [0.25, 0.3) is 0 Å². The molecule has 0 atom stereocenters. The Morgan fingerprint density at radius 1 is 1.44 bits per heavy atom. The minimum absolute atomic E-state index is 0.396. The molecular formula is C14H17NO2S. The van der Waals surface area contributed by atoms with Crippen LogP contribution in [0.15, 0.2) is 24.4 Å². The minimum Gasteiger partial charge on any atom is -0.478 e. The molecule has 0 bridgehead atoms. The molecule has 0 amide bonds. The second-order valence-electron chi connectivity index (χ2n) is 4.63. The first-order chi connectivity index (χ1) is 8.50. The SMILES string of the molecule is CC(C)SCc1cn(C)c2cccc(C(=O)O)c12. The quantitative estimate of drug-likeness (QED) is 0.917. The number of aryl methyl sites for hydroxylation is 1. The highest BCUT2D eigenvalue weighted by molar-refractivity contribution is 7.99. The minimum atomic E-state index is -0.859. The first-order valence-corrected chi connectivity index (χ1v) is 6.97. The predicted octanol–water partition coefficient (Wildman–Crippen LogP) is 3.52. The fourth-order valence-corrected chi connectivity index (χ4v) is 2.82. The summed E-state index contributed by atoms with van der Waals surface area (Å²) in [4.78, 5) is 11.3. The van der Waals surface area contributed by atoms with Gasteiger partial charge in [-0.05, 0) is 22.9 Å². The van der Waals surface area contributed by atoms with Crippen molar-refractivity contribution in [3.63, 3.8) is 0 Å². The third-order valence-electron chi connectivity index (χ3n) is 2.90. The maximum absolute atomic E-state index is 11.3. The lowest BCUT2D eigenvalue weighted by Gasteiger charge is -2.05. The first kappa shape index (κ1) is 13.0. The van der Waals surface area contributed by atoms with Crippen LogP contribution in [0, 0.1) is 0 Å². The lowest BCUT2D eigenvalue weighted by atomic mass is 10.1. The summed E-state index contributed by atoms with van der Waals surface area (Å²) in [5.74, 6) is -0.0122. The molecule has 0 aliphatic heterocycles. The number of aromatic carboxylic acids is 1. The second kappa shape index (κ2) is 5.06. The lowest BCUT2D eigenvalue weighted by molar-refractivity contribution is 0.0699. The van der Waals surface area contributed by atoms with Crippen LogP contribution >= 0.6 is 11.8 Å². The third kappa shape index (κ3) is 2.38. The number of hydrogen-bond acceptors (Lipinski definition) is 2. The topological polar surface area (TPSA) is 42.2 Å². The number of hydrogen-bond donors (Lipinski definition) is 1. The summed E-state index contributed by atoms with van der Waals surface area (Å²) >= 11 is 1.83. The van der Waals surface area contributed by atoms with Gasteiger partial charge in [-0.2, -0.15) is 11.8 Å². The summed E-state index contributed by atoms with van der Waals surface area (Å²) in [6.45, 7) is 4.29. The lowest BCUT2D eigenvalue weighted by Crippen LogP contribution is -1.98. The molecule has 0 spiro atoms.